The second-order valence-electron chi connectivity index (χ2n) is 4.48. The molecule has 0 radical (unpaired) electrons. The van der Waals surface area contributed by atoms with E-state index >= 15 is 0 Å². The molecule has 0 saturated heterocycles. The van der Waals surface area contributed by atoms with Crippen LogP contribution in [0.4, 0.5) is 0 Å². The molecule has 0 fully saturated rings. The van der Waals surface area contributed by atoms with E-state index in [9.17, 15) is 15.0 Å². The Morgan fingerprint density at radius 1 is 0.944 bits per heavy atom. The second kappa shape index (κ2) is 3.88. The molecular formula is C15H12O3. The molecule has 3 rings (SSSR count). The lowest BCUT2D eigenvalue weighted by Gasteiger charge is -2.13. The average molecular weight is 240 g/mol. The predicted molar refractivity (Wildman–Crippen MR) is 67.0 cm³/mol. The minimum atomic E-state index is -0.166. The Kier molecular flexibility index (Phi) is 2.33. The van der Waals surface area contributed by atoms with Gasteiger partial charge >= 0.3 is 0 Å². The molecule has 90 valence electrons. The van der Waals surface area contributed by atoms with Crippen LogP contribution in [0.5, 0.6) is 11.5 Å². The molecule has 0 amide bonds. The number of ketones is 1. The van der Waals surface area contributed by atoms with Crippen LogP contribution in [0.25, 0.3) is 0 Å². The van der Waals surface area contributed by atoms with E-state index in [-0.39, 0.29) is 23.2 Å². The predicted octanol–water partition coefficient (Wildman–Crippen LogP) is 2.82. The lowest BCUT2D eigenvalue weighted by atomic mass is 9.92. The van der Waals surface area contributed by atoms with E-state index in [0.29, 0.717) is 17.5 Å². The van der Waals surface area contributed by atoms with Gasteiger partial charge in [-0.3, -0.25) is 4.79 Å². The first kappa shape index (κ1) is 10.8. The van der Waals surface area contributed by atoms with Crippen LogP contribution in [0.15, 0.2) is 42.5 Å². The second-order valence-corrected chi connectivity index (χ2v) is 4.48. The van der Waals surface area contributed by atoms with Gasteiger partial charge in [0, 0.05) is 23.5 Å². The monoisotopic (exact) mass is 240 g/mol. The van der Waals surface area contributed by atoms with Crippen LogP contribution in [0.2, 0.25) is 0 Å². The molecule has 1 atom stereocenters. The van der Waals surface area contributed by atoms with Gasteiger partial charge in [0.1, 0.15) is 0 Å². The Bertz CT molecular complexity index is 631. The molecule has 0 heterocycles. The van der Waals surface area contributed by atoms with Crippen molar-refractivity contribution in [1.82, 2.24) is 0 Å². The molecule has 1 aliphatic carbocycles. The van der Waals surface area contributed by atoms with E-state index in [0.717, 1.165) is 5.56 Å². The van der Waals surface area contributed by atoms with Crippen molar-refractivity contribution in [1.29, 1.82) is 0 Å². The molecule has 1 unspecified atom stereocenters. The highest BCUT2D eigenvalue weighted by atomic mass is 16.3. The number of phenols is 2. The summed E-state index contributed by atoms with van der Waals surface area (Å²) >= 11 is 0. The Hall–Kier alpha value is -2.29. The zero-order valence-electron chi connectivity index (χ0n) is 9.63. The summed E-state index contributed by atoms with van der Waals surface area (Å²) < 4.78 is 0. The molecule has 2 N–H and O–H groups in total. The Balaban J connectivity index is 2.15. The van der Waals surface area contributed by atoms with Crippen molar-refractivity contribution in [3.63, 3.8) is 0 Å². The Morgan fingerprint density at radius 2 is 1.67 bits per heavy atom. The molecule has 18 heavy (non-hydrogen) atoms. The number of Topliss-reactive ketones (excluding diaryl/α,β-unsaturated/α-hetero) is 1. The number of hydrogen-bond donors (Lipinski definition) is 2. The standard InChI is InChI=1S/C15H12O3/c16-13-7-3-6-11(15(13)18)12-8-14(17)10-5-2-1-4-9(10)12/h1-7,12,16,18H,8H2. The maximum Gasteiger partial charge on any atom is 0.164 e. The van der Waals surface area contributed by atoms with Crippen molar-refractivity contribution in [2.24, 2.45) is 0 Å². The lowest BCUT2D eigenvalue weighted by Crippen LogP contribution is -1.97. The molecule has 0 bridgehead atoms. The first-order chi connectivity index (χ1) is 8.68. The van der Waals surface area contributed by atoms with Crippen LogP contribution in [-0.4, -0.2) is 16.0 Å². The zero-order chi connectivity index (χ0) is 12.7. The quantitative estimate of drug-likeness (QED) is 0.753. The van der Waals surface area contributed by atoms with Crippen LogP contribution in [0.3, 0.4) is 0 Å². The van der Waals surface area contributed by atoms with Gasteiger partial charge in [-0.1, -0.05) is 36.4 Å². The summed E-state index contributed by atoms with van der Waals surface area (Å²) in [5, 5.41) is 19.4. The maximum atomic E-state index is 11.9. The number of benzene rings is 2. The third-order valence-electron chi connectivity index (χ3n) is 3.45. The van der Waals surface area contributed by atoms with Gasteiger partial charge in [0.2, 0.25) is 0 Å². The lowest BCUT2D eigenvalue weighted by molar-refractivity contribution is 0.0991. The summed E-state index contributed by atoms with van der Waals surface area (Å²) in [7, 11) is 0. The highest BCUT2D eigenvalue weighted by Crippen LogP contribution is 2.43. The van der Waals surface area contributed by atoms with E-state index in [1.807, 2.05) is 18.2 Å². The first-order valence-electron chi connectivity index (χ1n) is 5.81. The minimum Gasteiger partial charge on any atom is -0.504 e. The largest absolute Gasteiger partial charge is 0.504 e. The fraction of sp³-hybridized carbons (Fsp3) is 0.133. The van der Waals surface area contributed by atoms with Gasteiger partial charge in [0.05, 0.1) is 0 Å². The number of aromatic hydroxyl groups is 2. The summed E-state index contributed by atoms with van der Waals surface area (Å²) in [5.41, 5.74) is 2.24. The third kappa shape index (κ3) is 1.48. The van der Waals surface area contributed by atoms with Crippen molar-refractivity contribution in [2.45, 2.75) is 12.3 Å². The summed E-state index contributed by atoms with van der Waals surface area (Å²) in [6, 6.07) is 12.3. The Labute approximate surface area is 104 Å². The van der Waals surface area contributed by atoms with Gasteiger partial charge in [0.15, 0.2) is 17.3 Å². The van der Waals surface area contributed by atoms with Gasteiger partial charge in [-0.25, -0.2) is 0 Å². The van der Waals surface area contributed by atoms with Crippen LogP contribution in [-0.2, 0) is 0 Å². The van der Waals surface area contributed by atoms with Crippen LogP contribution in [0.1, 0.15) is 33.8 Å². The highest BCUT2D eigenvalue weighted by molar-refractivity contribution is 6.02. The van der Waals surface area contributed by atoms with Gasteiger partial charge < -0.3 is 10.2 Å². The van der Waals surface area contributed by atoms with Crippen LogP contribution < -0.4 is 0 Å². The summed E-state index contributed by atoms with van der Waals surface area (Å²) in [6.45, 7) is 0. The van der Waals surface area contributed by atoms with Crippen molar-refractivity contribution in [3.8, 4) is 11.5 Å². The minimum absolute atomic E-state index is 0.0818. The maximum absolute atomic E-state index is 11.9. The smallest absolute Gasteiger partial charge is 0.164 e. The molecule has 3 nitrogen and oxygen atoms in total. The number of fused-ring (bicyclic) bond motifs is 1. The number of rotatable bonds is 1. The third-order valence-corrected chi connectivity index (χ3v) is 3.45. The molecule has 2 aromatic carbocycles. The van der Waals surface area contributed by atoms with E-state index in [1.165, 1.54) is 6.07 Å². The molecule has 0 spiro atoms. The topological polar surface area (TPSA) is 57.5 Å². The number of hydrogen-bond acceptors (Lipinski definition) is 3. The van der Waals surface area contributed by atoms with Crippen LogP contribution >= 0.6 is 0 Å². The number of carbonyl (C=O) groups excluding carboxylic acids is 1. The molecule has 1 aliphatic rings. The fourth-order valence-corrected chi connectivity index (χ4v) is 2.57. The van der Waals surface area contributed by atoms with E-state index in [1.54, 1.807) is 18.2 Å². The molecule has 3 heteroatoms. The zero-order valence-corrected chi connectivity index (χ0v) is 9.63. The molecule has 0 saturated carbocycles. The van der Waals surface area contributed by atoms with Gasteiger partial charge in [-0.2, -0.15) is 0 Å². The van der Waals surface area contributed by atoms with Crippen molar-refractivity contribution in [2.75, 3.05) is 0 Å². The number of carbonyl (C=O) groups is 1. The number of phenolic OH excluding ortho intramolecular Hbond substituents is 2. The highest BCUT2D eigenvalue weighted by Gasteiger charge is 2.31. The van der Waals surface area contributed by atoms with Gasteiger partial charge in [0.25, 0.3) is 0 Å². The Morgan fingerprint density at radius 3 is 2.50 bits per heavy atom. The van der Waals surface area contributed by atoms with Gasteiger partial charge in [-0.05, 0) is 11.6 Å². The summed E-state index contributed by atoms with van der Waals surface area (Å²) in [5.74, 6) is -0.365. The average Bonchev–Trinajstić information content (AvgIpc) is 2.71. The number of para-hydroxylation sites is 1. The van der Waals surface area contributed by atoms with Crippen molar-refractivity contribution >= 4 is 5.78 Å². The fourth-order valence-electron chi connectivity index (χ4n) is 2.57. The van der Waals surface area contributed by atoms with E-state index < -0.39 is 0 Å². The first-order valence-corrected chi connectivity index (χ1v) is 5.81. The molecular weight excluding hydrogens is 228 g/mol. The van der Waals surface area contributed by atoms with E-state index in [4.69, 9.17) is 0 Å². The summed E-state index contributed by atoms with van der Waals surface area (Å²) in [4.78, 5) is 11.9. The normalized spacial score (nSPS) is 17.8. The van der Waals surface area contributed by atoms with E-state index in [2.05, 4.69) is 0 Å². The summed E-state index contributed by atoms with van der Waals surface area (Å²) in [6.07, 6.45) is 0.344. The van der Waals surface area contributed by atoms with Crippen molar-refractivity contribution in [3.05, 3.63) is 59.2 Å². The SMILES string of the molecule is O=C1CC(c2cccc(O)c2O)c2ccccc21. The molecule has 2 aromatic rings. The van der Waals surface area contributed by atoms with Crippen molar-refractivity contribution < 1.29 is 15.0 Å². The molecule has 0 aliphatic heterocycles. The molecule has 0 aromatic heterocycles. The van der Waals surface area contributed by atoms with Crippen LogP contribution in [0, 0.1) is 0 Å². The van der Waals surface area contributed by atoms with Gasteiger partial charge in [-0.15, -0.1) is 0 Å².